The van der Waals surface area contributed by atoms with Gasteiger partial charge >= 0.3 is 0 Å². The van der Waals surface area contributed by atoms with Gasteiger partial charge in [-0.1, -0.05) is 0 Å². The van der Waals surface area contributed by atoms with Crippen LogP contribution in [0.15, 0.2) is 12.1 Å². The Morgan fingerprint density at radius 1 is 1.59 bits per heavy atom. The van der Waals surface area contributed by atoms with Crippen molar-refractivity contribution in [1.82, 2.24) is 15.5 Å². The summed E-state index contributed by atoms with van der Waals surface area (Å²) in [5.41, 5.74) is 0.281. The highest BCUT2D eigenvalue weighted by atomic mass is 16.5. The Morgan fingerprint density at radius 3 is 3.06 bits per heavy atom. The monoisotopic (exact) mass is 237 g/mol. The molecule has 1 aromatic heterocycles. The maximum atomic E-state index is 11.7. The van der Waals surface area contributed by atoms with Crippen molar-refractivity contribution in [3.8, 4) is 5.88 Å². The molecule has 0 aliphatic carbocycles. The summed E-state index contributed by atoms with van der Waals surface area (Å²) in [7, 11) is 1.50. The van der Waals surface area contributed by atoms with E-state index in [0.717, 1.165) is 19.4 Å². The zero-order valence-electron chi connectivity index (χ0n) is 9.68. The largest absolute Gasteiger partial charge is 0.480 e. The first-order valence-corrected chi connectivity index (χ1v) is 5.57. The zero-order valence-corrected chi connectivity index (χ0v) is 9.68. The summed E-state index contributed by atoms with van der Waals surface area (Å²) in [4.78, 5) is 11.7. The van der Waals surface area contributed by atoms with Gasteiger partial charge in [0.25, 0.3) is 5.91 Å². The lowest BCUT2D eigenvalue weighted by Gasteiger charge is -2.10. The summed E-state index contributed by atoms with van der Waals surface area (Å²) in [6.45, 7) is 1.30. The highest BCUT2D eigenvalue weighted by molar-refractivity contribution is 5.92. The number of carbonyl (C=O) groups is 1. The van der Waals surface area contributed by atoms with Crippen LogP contribution >= 0.6 is 0 Å². The van der Waals surface area contributed by atoms with Crippen LogP contribution in [-0.2, 0) is 4.74 Å². The summed E-state index contributed by atoms with van der Waals surface area (Å²) < 4.78 is 10.3. The van der Waals surface area contributed by atoms with Gasteiger partial charge in [-0.15, -0.1) is 10.2 Å². The van der Waals surface area contributed by atoms with Crippen LogP contribution in [0.2, 0.25) is 0 Å². The van der Waals surface area contributed by atoms with E-state index in [9.17, 15) is 4.79 Å². The third-order valence-electron chi connectivity index (χ3n) is 2.60. The predicted molar refractivity (Wildman–Crippen MR) is 59.9 cm³/mol. The Kier molecular flexibility index (Phi) is 3.87. The van der Waals surface area contributed by atoms with Crippen LogP contribution in [0.25, 0.3) is 0 Å². The quantitative estimate of drug-likeness (QED) is 0.820. The SMILES string of the molecule is COc1ccc(C(=O)NC[C@H]2CCCO2)nn1. The van der Waals surface area contributed by atoms with Gasteiger partial charge in [0.2, 0.25) is 5.88 Å². The molecule has 0 aromatic carbocycles. The van der Waals surface area contributed by atoms with E-state index in [1.807, 2.05) is 0 Å². The van der Waals surface area contributed by atoms with Crippen LogP contribution in [-0.4, -0.2) is 42.5 Å². The van der Waals surface area contributed by atoms with Crippen molar-refractivity contribution in [1.29, 1.82) is 0 Å². The van der Waals surface area contributed by atoms with Crippen LogP contribution in [0.1, 0.15) is 23.3 Å². The second kappa shape index (κ2) is 5.58. The van der Waals surface area contributed by atoms with E-state index in [1.54, 1.807) is 12.1 Å². The fourth-order valence-electron chi connectivity index (χ4n) is 1.65. The average Bonchev–Trinajstić information content (AvgIpc) is 2.89. The third kappa shape index (κ3) is 3.13. The number of rotatable bonds is 4. The first kappa shape index (κ1) is 11.8. The molecule has 2 rings (SSSR count). The summed E-state index contributed by atoms with van der Waals surface area (Å²) in [5.74, 6) is 0.149. The molecule has 1 amide bonds. The fraction of sp³-hybridized carbons (Fsp3) is 0.545. The van der Waals surface area contributed by atoms with Crippen molar-refractivity contribution in [3.63, 3.8) is 0 Å². The van der Waals surface area contributed by atoms with Crippen molar-refractivity contribution in [2.45, 2.75) is 18.9 Å². The topological polar surface area (TPSA) is 73.3 Å². The Balaban J connectivity index is 1.85. The molecule has 1 N–H and O–H groups in total. The first-order chi connectivity index (χ1) is 8.29. The lowest BCUT2D eigenvalue weighted by Crippen LogP contribution is -2.32. The minimum absolute atomic E-state index is 0.130. The number of ether oxygens (including phenoxy) is 2. The summed E-state index contributed by atoms with van der Waals surface area (Å²) in [5, 5.41) is 10.3. The number of nitrogens with zero attached hydrogens (tertiary/aromatic N) is 2. The summed E-state index contributed by atoms with van der Waals surface area (Å²) in [6, 6.07) is 3.19. The van der Waals surface area contributed by atoms with Gasteiger partial charge in [-0.05, 0) is 18.9 Å². The number of methoxy groups -OCH3 is 1. The molecular formula is C11H15N3O3. The maximum Gasteiger partial charge on any atom is 0.271 e. The van der Waals surface area contributed by atoms with Gasteiger partial charge in [-0.25, -0.2) is 0 Å². The Hall–Kier alpha value is -1.69. The van der Waals surface area contributed by atoms with Crippen LogP contribution in [0.4, 0.5) is 0 Å². The molecule has 1 aliphatic rings. The van der Waals surface area contributed by atoms with Crippen LogP contribution in [0.5, 0.6) is 5.88 Å². The highest BCUT2D eigenvalue weighted by Crippen LogP contribution is 2.10. The van der Waals surface area contributed by atoms with Gasteiger partial charge in [0.15, 0.2) is 5.69 Å². The molecule has 0 spiro atoms. The van der Waals surface area contributed by atoms with E-state index < -0.39 is 0 Å². The average molecular weight is 237 g/mol. The number of aromatic nitrogens is 2. The molecule has 0 saturated carbocycles. The van der Waals surface area contributed by atoms with Crippen LogP contribution < -0.4 is 10.1 Å². The highest BCUT2D eigenvalue weighted by Gasteiger charge is 2.17. The van der Waals surface area contributed by atoms with Crippen molar-refractivity contribution in [2.24, 2.45) is 0 Å². The van der Waals surface area contributed by atoms with E-state index in [0.29, 0.717) is 12.4 Å². The normalized spacial score (nSPS) is 19.0. The molecule has 6 heteroatoms. The number of amides is 1. The number of carbonyl (C=O) groups excluding carboxylic acids is 1. The van der Waals surface area contributed by atoms with Crippen molar-refractivity contribution in [3.05, 3.63) is 17.8 Å². The fourth-order valence-corrected chi connectivity index (χ4v) is 1.65. The lowest BCUT2D eigenvalue weighted by atomic mass is 10.2. The molecule has 6 nitrogen and oxygen atoms in total. The third-order valence-corrected chi connectivity index (χ3v) is 2.60. The van der Waals surface area contributed by atoms with Gasteiger partial charge in [0, 0.05) is 19.2 Å². The van der Waals surface area contributed by atoms with Crippen LogP contribution in [0, 0.1) is 0 Å². The van der Waals surface area contributed by atoms with E-state index >= 15 is 0 Å². The smallest absolute Gasteiger partial charge is 0.271 e. The predicted octanol–water partition coefficient (Wildman–Crippen LogP) is 0.394. The molecule has 2 heterocycles. The van der Waals surface area contributed by atoms with E-state index in [1.165, 1.54) is 7.11 Å². The van der Waals surface area contributed by atoms with E-state index in [2.05, 4.69) is 15.5 Å². The molecule has 1 aromatic rings. The molecular weight excluding hydrogens is 222 g/mol. The molecule has 0 bridgehead atoms. The second-order valence-electron chi connectivity index (χ2n) is 3.81. The maximum absolute atomic E-state index is 11.7. The second-order valence-corrected chi connectivity index (χ2v) is 3.81. The molecule has 1 atom stereocenters. The Morgan fingerprint density at radius 2 is 2.47 bits per heavy atom. The van der Waals surface area contributed by atoms with Crippen molar-refractivity contribution >= 4 is 5.91 Å². The molecule has 92 valence electrons. The van der Waals surface area contributed by atoms with Crippen LogP contribution in [0.3, 0.4) is 0 Å². The summed E-state index contributed by atoms with van der Waals surface area (Å²) >= 11 is 0. The van der Waals surface area contributed by atoms with E-state index in [-0.39, 0.29) is 17.7 Å². The molecule has 0 radical (unpaired) electrons. The number of nitrogens with one attached hydrogen (secondary N) is 1. The Bertz CT molecular complexity index is 374. The van der Waals surface area contributed by atoms with Gasteiger partial charge < -0.3 is 14.8 Å². The number of hydrogen-bond acceptors (Lipinski definition) is 5. The lowest BCUT2D eigenvalue weighted by molar-refractivity contribution is 0.0852. The Labute approximate surface area is 99.3 Å². The first-order valence-electron chi connectivity index (χ1n) is 5.57. The molecule has 1 aliphatic heterocycles. The molecule has 17 heavy (non-hydrogen) atoms. The van der Waals surface area contributed by atoms with Crippen molar-refractivity contribution in [2.75, 3.05) is 20.3 Å². The summed E-state index contributed by atoms with van der Waals surface area (Å²) in [6.07, 6.45) is 2.18. The van der Waals surface area contributed by atoms with Gasteiger partial charge in [-0.2, -0.15) is 0 Å². The molecule has 1 fully saturated rings. The standard InChI is InChI=1S/C11H15N3O3/c1-16-10-5-4-9(13-14-10)11(15)12-7-8-3-2-6-17-8/h4-5,8H,2-3,6-7H2,1H3,(H,12,15)/t8-/m1/s1. The zero-order chi connectivity index (χ0) is 12.1. The minimum atomic E-state index is -0.240. The molecule has 0 unspecified atom stereocenters. The number of hydrogen-bond donors (Lipinski definition) is 1. The van der Waals surface area contributed by atoms with Gasteiger partial charge in [0.05, 0.1) is 13.2 Å². The van der Waals surface area contributed by atoms with Gasteiger partial charge in [0.1, 0.15) is 0 Å². The molecule has 1 saturated heterocycles. The van der Waals surface area contributed by atoms with Gasteiger partial charge in [-0.3, -0.25) is 4.79 Å². The minimum Gasteiger partial charge on any atom is -0.480 e. The van der Waals surface area contributed by atoms with E-state index in [4.69, 9.17) is 9.47 Å². The van der Waals surface area contributed by atoms with Crippen molar-refractivity contribution < 1.29 is 14.3 Å².